The Bertz CT molecular complexity index is 1130. The molecule has 0 radical (unpaired) electrons. The van der Waals surface area contributed by atoms with Crippen molar-refractivity contribution >= 4 is 23.1 Å². The van der Waals surface area contributed by atoms with Crippen molar-refractivity contribution in [2.75, 3.05) is 18.4 Å². The number of urea groups is 1. The number of rotatable bonds is 2. The molecule has 2 aliphatic rings. The van der Waals surface area contributed by atoms with E-state index >= 15 is 0 Å². The molecule has 5 rings (SSSR count). The molecule has 1 N–H and O–H groups in total. The molecule has 0 aliphatic carbocycles. The maximum atomic E-state index is 13.4. The van der Waals surface area contributed by atoms with Crippen LogP contribution in [0.1, 0.15) is 18.0 Å². The minimum absolute atomic E-state index is 0.0531. The van der Waals surface area contributed by atoms with Gasteiger partial charge in [0.1, 0.15) is 5.82 Å². The third-order valence-electron chi connectivity index (χ3n) is 5.75. The summed E-state index contributed by atoms with van der Waals surface area (Å²) in [5, 5.41) is 4.76. The lowest BCUT2D eigenvalue weighted by molar-refractivity contribution is 0.139. The Morgan fingerprint density at radius 1 is 1.10 bits per heavy atom. The maximum absolute atomic E-state index is 13.4. The van der Waals surface area contributed by atoms with Gasteiger partial charge in [0, 0.05) is 41.8 Å². The van der Waals surface area contributed by atoms with Gasteiger partial charge in [0.2, 0.25) is 0 Å². The number of aromatic nitrogens is 1. The molecular weight excluding hydrogens is 389 g/mol. The molecule has 0 unspecified atom stereocenters. The quantitative estimate of drug-likeness (QED) is 0.683. The second-order valence-corrected chi connectivity index (χ2v) is 8.66. The molecule has 2 atom stereocenters. The van der Waals surface area contributed by atoms with Crippen molar-refractivity contribution in [3.8, 4) is 10.4 Å². The molecule has 3 aromatic rings. The van der Waals surface area contributed by atoms with Crippen LogP contribution in [-0.4, -0.2) is 28.6 Å². The van der Waals surface area contributed by atoms with Crippen LogP contribution in [0.3, 0.4) is 0 Å². The summed E-state index contributed by atoms with van der Waals surface area (Å²) in [6, 6.07) is 13.5. The van der Waals surface area contributed by atoms with Crippen LogP contribution in [0.4, 0.5) is 14.9 Å². The van der Waals surface area contributed by atoms with Crippen molar-refractivity contribution in [3.05, 3.63) is 75.8 Å². The van der Waals surface area contributed by atoms with E-state index < -0.39 is 0 Å². The second-order valence-electron chi connectivity index (χ2n) is 7.71. The molecule has 0 saturated carbocycles. The lowest BCUT2D eigenvalue weighted by Crippen LogP contribution is -2.50. The van der Waals surface area contributed by atoms with Crippen LogP contribution >= 0.6 is 11.3 Å². The zero-order valence-corrected chi connectivity index (χ0v) is 16.5. The predicted octanol–water partition coefficient (Wildman–Crippen LogP) is 4.37. The van der Waals surface area contributed by atoms with E-state index in [1.165, 1.54) is 12.1 Å². The van der Waals surface area contributed by atoms with Gasteiger partial charge in [-0.15, -0.1) is 11.3 Å². The van der Waals surface area contributed by atoms with Gasteiger partial charge in [-0.2, -0.15) is 0 Å². The lowest BCUT2D eigenvalue weighted by atomic mass is 9.83. The van der Waals surface area contributed by atoms with Crippen LogP contribution in [0.2, 0.25) is 0 Å². The standard InChI is InChI=1S/C22H20FN3O2S/c23-16-3-1-4-17(10-16)24-22(28)25-11-14-9-15(13-25)19-7-6-18(20-5-2-8-29-20)21(27)26(19)12-14/h1-8,10,14-15H,9,11-13H2,(H,24,28)/t14-,15-/m1/s1. The largest absolute Gasteiger partial charge is 0.324 e. The number of nitrogens with one attached hydrogen (secondary N) is 1. The molecule has 4 heterocycles. The highest BCUT2D eigenvalue weighted by molar-refractivity contribution is 7.13. The number of carbonyl (C=O) groups excluding carboxylic acids is 1. The molecule has 2 amide bonds. The normalized spacial score (nSPS) is 20.2. The first-order valence-electron chi connectivity index (χ1n) is 9.67. The highest BCUT2D eigenvalue weighted by atomic mass is 32.1. The van der Waals surface area contributed by atoms with E-state index in [9.17, 15) is 14.0 Å². The van der Waals surface area contributed by atoms with E-state index in [1.807, 2.05) is 34.2 Å². The number of benzene rings is 1. The highest BCUT2D eigenvalue weighted by Crippen LogP contribution is 2.36. The summed E-state index contributed by atoms with van der Waals surface area (Å²) in [4.78, 5) is 28.6. The number of thiophene rings is 1. The number of fused-ring (bicyclic) bond motifs is 4. The zero-order chi connectivity index (χ0) is 20.0. The third kappa shape index (κ3) is 3.35. The first-order chi connectivity index (χ1) is 14.1. The number of amides is 2. The molecule has 2 aliphatic heterocycles. The molecule has 0 spiro atoms. The van der Waals surface area contributed by atoms with E-state index in [-0.39, 0.29) is 29.2 Å². The predicted molar refractivity (Wildman–Crippen MR) is 112 cm³/mol. The highest BCUT2D eigenvalue weighted by Gasteiger charge is 2.36. The van der Waals surface area contributed by atoms with Gasteiger partial charge in [0.05, 0.1) is 5.56 Å². The Morgan fingerprint density at radius 2 is 2.00 bits per heavy atom. The molecule has 2 bridgehead atoms. The number of nitrogens with zero attached hydrogens (tertiary/aromatic N) is 2. The van der Waals surface area contributed by atoms with Crippen LogP contribution in [0.25, 0.3) is 10.4 Å². The monoisotopic (exact) mass is 409 g/mol. The average Bonchev–Trinajstić information content (AvgIpc) is 3.23. The van der Waals surface area contributed by atoms with Gasteiger partial charge in [-0.1, -0.05) is 12.1 Å². The summed E-state index contributed by atoms with van der Waals surface area (Å²) in [5.74, 6) is -0.0187. The lowest BCUT2D eigenvalue weighted by Gasteiger charge is -2.42. The van der Waals surface area contributed by atoms with Crippen LogP contribution < -0.4 is 10.9 Å². The number of carbonyl (C=O) groups is 1. The molecule has 2 aromatic heterocycles. The smallest absolute Gasteiger partial charge is 0.321 e. The molecule has 1 saturated heterocycles. The Labute approximate surface area is 171 Å². The fourth-order valence-corrected chi connectivity index (χ4v) is 5.24. The maximum Gasteiger partial charge on any atom is 0.321 e. The van der Waals surface area contributed by atoms with Gasteiger partial charge < -0.3 is 14.8 Å². The van der Waals surface area contributed by atoms with Gasteiger partial charge >= 0.3 is 6.03 Å². The summed E-state index contributed by atoms with van der Waals surface area (Å²) < 4.78 is 15.3. The zero-order valence-electron chi connectivity index (χ0n) is 15.7. The average molecular weight is 409 g/mol. The number of anilines is 1. The summed E-state index contributed by atoms with van der Waals surface area (Å²) in [7, 11) is 0. The van der Waals surface area contributed by atoms with Gasteiger partial charge in [0.25, 0.3) is 5.56 Å². The van der Waals surface area contributed by atoms with Crippen molar-refractivity contribution in [1.82, 2.24) is 9.47 Å². The number of pyridine rings is 1. The number of piperidine rings is 1. The minimum Gasteiger partial charge on any atom is -0.324 e. The van der Waals surface area contributed by atoms with Gasteiger partial charge in [-0.05, 0) is 54.1 Å². The van der Waals surface area contributed by atoms with E-state index in [2.05, 4.69) is 5.32 Å². The summed E-state index contributed by atoms with van der Waals surface area (Å²) >= 11 is 1.57. The number of hydrogen-bond donors (Lipinski definition) is 1. The minimum atomic E-state index is -0.381. The van der Waals surface area contributed by atoms with Gasteiger partial charge in [-0.3, -0.25) is 4.79 Å². The van der Waals surface area contributed by atoms with E-state index in [0.29, 0.717) is 25.3 Å². The summed E-state index contributed by atoms with van der Waals surface area (Å²) in [6.07, 6.45) is 0.974. The first kappa shape index (κ1) is 18.1. The SMILES string of the molecule is O=C(Nc1cccc(F)c1)N1C[C@H]2C[C@H](C1)c1ccc(-c3cccs3)c(=O)n1C2. The van der Waals surface area contributed by atoms with Gasteiger partial charge in [-0.25, -0.2) is 9.18 Å². The van der Waals surface area contributed by atoms with E-state index in [0.717, 1.165) is 22.6 Å². The molecule has 1 aromatic carbocycles. The Kier molecular flexibility index (Phi) is 4.47. The van der Waals surface area contributed by atoms with Crippen molar-refractivity contribution in [2.24, 2.45) is 5.92 Å². The fourth-order valence-electron chi connectivity index (χ4n) is 4.50. The Hall–Kier alpha value is -2.93. The second kappa shape index (κ2) is 7.15. The van der Waals surface area contributed by atoms with E-state index in [1.54, 1.807) is 28.4 Å². The molecule has 29 heavy (non-hydrogen) atoms. The number of halogens is 1. The van der Waals surface area contributed by atoms with Crippen LogP contribution in [-0.2, 0) is 6.54 Å². The van der Waals surface area contributed by atoms with Crippen LogP contribution in [0.15, 0.2) is 58.7 Å². The van der Waals surface area contributed by atoms with Crippen molar-refractivity contribution in [3.63, 3.8) is 0 Å². The number of likely N-dealkylation sites (tertiary alicyclic amines) is 1. The van der Waals surface area contributed by atoms with Crippen molar-refractivity contribution in [1.29, 1.82) is 0 Å². The van der Waals surface area contributed by atoms with Gasteiger partial charge in [0.15, 0.2) is 0 Å². The molecule has 5 nitrogen and oxygen atoms in total. The van der Waals surface area contributed by atoms with Crippen LogP contribution in [0, 0.1) is 11.7 Å². The van der Waals surface area contributed by atoms with Crippen molar-refractivity contribution in [2.45, 2.75) is 18.9 Å². The molecular formula is C22H20FN3O2S. The summed E-state index contributed by atoms with van der Waals surface area (Å²) in [6.45, 7) is 1.76. The Morgan fingerprint density at radius 3 is 2.79 bits per heavy atom. The van der Waals surface area contributed by atoms with E-state index in [4.69, 9.17) is 0 Å². The summed E-state index contributed by atoms with van der Waals surface area (Å²) in [5.41, 5.74) is 2.24. The Balaban J connectivity index is 1.39. The van der Waals surface area contributed by atoms with Crippen molar-refractivity contribution < 1.29 is 9.18 Å². The van der Waals surface area contributed by atoms with Crippen LogP contribution in [0.5, 0.6) is 0 Å². The molecule has 1 fully saturated rings. The molecule has 7 heteroatoms. The number of hydrogen-bond acceptors (Lipinski definition) is 3. The first-order valence-corrected chi connectivity index (χ1v) is 10.6. The fraction of sp³-hybridized carbons (Fsp3) is 0.273. The molecule has 148 valence electrons. The topological polar surface area (TPSA) is 54.3 Å². The third-order valence-corrected chi connectivity index (χ3v) is 6.66.